The molecule has 5 rings (SSSR count). The molecule has 0 aliphatic carbocycles. The molecule has 4 N–H and O–H groups in total. The maximum atomic E-state index is 12.2. The van der Waals surface area contributed by atoms with Crippen molar-refractivity contribution < 1.29 is 38.8 Å². The molecule has 1 fully saturated rings. The first-order chi connectivity index (χ1) is 23.3. The molecule has 0 spiro atoms. The molecule has 250 valence electrons. The van der Waals surface area contributed by atoms with Crippen LogP contribution >= 0.6 is 11.8 Å². The summed E-state index contributed by atoms with van der Waals surface area (Å²) in [7, 11) is 0. The smallest absolute Gasteiger partial charge is 0.336 e. The van der Waals surface area contributed by atoms with E-state index in [4.69, 9.17) is 14.2 Å². The van der Waals surface area contributed by atoms with Crippen LogP contribution in [0.2, 0.25) is 0 Å². The van der Waals surface area contributed by atoms with E-state index in [0.717, 1.165) is 33.4 Å². The number of carbonyl (C=O) groups excluding carboxylic acids is 2. The predicted molar refractivity (Wildman–Crippen MR) is 181 cm³/mol. The van der Waals surface area contributed by atoms with Crippen molar-refractivity contribution in [3.8, 4) is 11.1 Å². The third-order valence-corrected chi connectivity index (χ3v) is 8.93. The lowest BCUT2D eigenvalue weighted by atomic mass is 9.99. The average Bonchev–Trinajstić information content (AvgIpc) is 3.12. The summed E-state index contributed by atoms with van der Waals surface area (Å²) in [5, 5.41) is 24.4. The van der Waals surface area contributed by atoms with E-state index in [0.29, 0.717) is 17.1 Å². The van der Waals surface area contributed by atoms with E-state index < -0.39 is 24.3 Å². The SMILES string of the molecule is CCOC(=O)CNC(=O)NCc1cccc(-c2cccc([C@@H]3O[C@H](CSc4ccccc4C(=O)O)C[C@H](c4ccc(CO)cc4)O3)c2)c1. The minimum absolute atomic E-state index is 0.0491. The van der Waals surface area contributed by atoms with E-state index in [1.807, 2.05) is 78.9 Å². The van der Waals surface area contributed by atoms with E-state index >= 15 is 0 Å². The first-order valence-electron chi connectivity index (χ1n) is 15.6. The van der Waals surface area contributed by atoms with Crippen molar-refractivity contribution in [2.75, 3.05) is 18.9 Å². The lowest BCUT2D eigenvalue weighted by Gasteiger charge is -2.36. The summed E-state index contributed by atoms with van der Waals surface area (Å²) >= 11 is 1.45. The third kappa shape index (κ3) is 9.45. The number of aliphatic hydroxyl groups is 1. The number of ether oxygens (including phenoxy) is 3. The number of benzene rings is 4. The van der Waals surface area contributed by atoms with Crippen LogP contribution in [0, 0.1) is 0 Å². The lowest BCUT2D eigenvalue weighted by Crippen LogP contribution is -2.38. The van der Waals surface area contributed by atoms with Crippen molar-refractivity contribution in [3.05, 3.63) is 125 Å². The van der Waals surface area contributed by atoms with Crippen molar-refractivity contribution in [2.24, 2.45) is 0 Å². The van der Waals surface area contributed by atoms with Gasteiger partial charge in [-0.3, -0.25) is 4.79 Å². The van der Waals surface area contributed by atoms with Crippen LogP contribution in [0.5, 0.6) is 0 Å². The zero-order chi connectivity index (χ0) is 33.9. The Balaban J connectivity index is 1.32. The number of rotatable bonds is 13. The number of aromatic carboxylic acids is 1. The molecule has 4 aromatic carbocycles. The van der Waals surface area contributed by atoms with Crippen molar-refractivity contribution >= 4 is 29.7 Å². The monoisotopic (exact) mass is 670 g/mol. The third-order valence-electron chi connectivity index (χ3n) is 7.73. The van der Waals surface area contributed by atoms with Gasteiger partial charge >= 0.3 is 18.0 Å². The highest BCUT2D eigenvalue weighted by atomic mass is 32.2. The van der Waals surface area contributed by atoms with Crippen LogP contribution in [0.3, 0.4) is 0 Å². The van der Waals surface area contributed by atoms with Gasteiger partial charge in [0.05, 0.1) is 31.0 Å². The molecule has 48 heavy (non-hydrogen) atoms. The first kappa shape index (κ1) is 34.6. The summed E-state index contributed by atoms with van der Waals surface area (Å²) in [5.41, 5.74) is 5.60. The molecule has 1 heterocycles. The second kappa shape index (κ2) is 16.9. The van der Waals surface area contributed by atoms with Gasteiger partial charge in [0, 0.05) is 29.2 Å². The van der Waals surface area contributed by atoms with Crippen LogP contribution in [0.25, 0.3) is 11.1 Å². The van der Waals surface area contributed by atoms with E-state index in [1.54, 1.807) is 25.1 Å². The Bertz CT molecular complexity index is 1710. The van der Waals surface area contributed by atoms with Crippen molar-refractivity contribution in [1.82, 2.24) is 10.6 Å². The van der Waals surface area contributed by atoms with Gasteiger partial charge in [0.15, 0.2) is 6.29 Å². The van der Waals surface area contributed by atoms with E-state index in [2.05, 4.69) is 10.6 Å². The van der Waals surface area contributed by atoms with Gasteiger partial charge in [-0.1, -0.05) is 72.8 Å². The Morgan fingerprint density at radius 3 is 2.35 bits per heavy atom. The van der Waals surface area contributed by atoms with Crippen molar-refractivity contribution in [2.45, 2.75) is 49.9 Å². The number of carboxylic acids is 1. The molecule has 3 atom stereocenters. The Hall–Kier alpha value is -4.68. The zero-order valence-electron chi connectivity index (χ0n) is 26.5. The number of hydrogen-bond donors (Lipinski definition) is 4. The largest absolute Gasteiger partial charge is 0.478 e. The number of carboxylic acid groups (broad SMARTS) is 1. The predicted octanol–water partition coefficient (Wildman–Crippen LogP) is 6.24. The Labute approximate surface area is 283 Å². The number of nitrogens with one attached hydrogen (secondary N) is 2. The van der Waals surface area contributed by atoms with Gasteiger partial charge in [-0.15, -0.1) is 11.8 Å². The minimum Gasteiger partial charge on any atom is -0.478 e. The number of amides is 2. The number of aliphatic hydroxyl groups excluding tert-OH is 1. The van der Waals surface area contributed by atoms with Crippen LogP contribution in [0.4, 0.5) is 4.79 Å². The van der Waals surface area contributed by atoms with Gasteiger partial charge in [0.25, 0.3) is 0 Å². The maximum absolute atomic E-state index is 12.2. The number of urea groups is 1. The van der Waals surface area contributed by atoms with Gasteiger partial charge in [-0.25, -0.2) is 9.59 Å². The number of carbonyl (C=O) groups is 3. The fraction of sp³-hybridized carbons (Fsp3) is 0.270. The zero-order valence-corrected chi connectivity index (χ0v) is 27.3. The van der Waals surface area contributed by atoms with Gasteiger partial charge in [-0.2, -0.15) is 0 Å². The first-order valence-corrected chi connectivity index (χ1v) is 16.6. The van der Waals surface area contributed by atoms with Crippen LogP contribution in [0.15, 0.2) is 102 Å². The van der Waals surface area contributed by atoms with Crippen molar-refractivity contribution in [3.63, 3.8) is 0 Å². The summed E-state index contributed by atoms with van der Waals surface area (Å²) in [5.74, 6) is -0.947. The Morgan fingerprint density at radius 1 is 0.854 bits per heavy atom. The van der Waals surface area contributed by atoms with E-state index in [9.17, 15) is 24.6 Å². The van der Waals surface area contributed by atoms with Crippen LogP contribution in [-0.2, 0) is 32.2 Å². The molecule has 1 aliphatic rings. The lowest BCUT2D eigenvalue weighted by molar-refractivity contribution is -0.245. The van der Waals surface area contributed by atoms with Gasteiger partial charge < -0.3 is 35.1 Å². The average molecular weight is 671 g/mol. The molecule has 2 amide bonds. The Kier molecular flexibility index (Phi) is 12.2. The molecule has 0 saturated carbocycles. The molecule has 0 unspecified atom stereocenters. The fourth-order valence-corrected chi connectivity index (χ4v) is 6.38. The summed E-state index contributed by atoms with van der Waals surface area (Å²) in [6.07, 6.45) is -0.648. The van der Waals surface area contributed by atoms with Gasteiger partial charge in [0.1, 0.15) is 6.54 Å². The van der Waals surface area contributed by atoms with Gasteiger partial charge in [-0.05, 0) is 59.0 Å². The molecule has 10 nitrogen and oxygen atoms in total. The highest BCUT2D eigenvalue weighted by molar-refractivity contribution is 7.99. The molecule has 0 radical (unpaired) electrons. The van der Waals surface area contributed by atoms with Crippen LogP contribution < -0.4 is 10.6 Å². The topological polar surface area (TPSA) is 143 Å². The van der Waals surface area contributed by atoms with Crippen LogP contribution in [0.1, 0.15) is 58.4 Å². The second-order valence-corrected chi connectivity index (χ2v) is 12.2. The second-order valence-electron chi connectivity index (χ2n) is 11.1. The molecule has 4 aromatic rings. The quantitative estimate of drug-likeness (QED) is 0.0960. The number of thioether (sulfide) groups is 1. The summed E-state index contributed by atoms with van der Waals surface area (Å²) in [6, 6.07) is 29.8. The normalized spacial score (nSPS) is 17.3. The highest BCUT2D eigenvalue weighted by Gasteiger charge is 2.32. The molecule has 11 heteroatoms. The molecule has 0 bridgehead atoms. The fourth-order valence-electron chi connectivity index (χ4n) is 5.31. The molecule has 1 aliphatic heterocycles. The van der Waals surface area contributed by atoms with Gasteiger partial charge in [0.2, 0.25) is 0 Å². The molecular weight excluding hydrogens is 632 g/mol. The van der Waals surface area contributed by atoms with E-state index in [-0.39, 0.29) is 44.1 Å². The summed E-state index contributed by atoms with van der Waals surface area (Å²) in [4.78, 5) is 36.1. The number of esters is 1. The standard InChI is InChI=1S/C37H38N2O8S/c1-2-45-34(41)21-39-37(44)38-20-25-7-5-8-27(17-25)28-9-6-10-29(18-28)36-46-30(23-48-33-12-4-3-11-31(33)35(42)43)19-32(47-36)26-15-13-24(22-40)14-16-26/h3-18,30,32,36,40H,2,19-23H2,1H3,(H,42,43)(H2,38,39,44)/t30-,32+,36+/m0/s1. The minimum atomic E-state index is -0.973. The Morgan fingerprint density at radius 2 is 1.60 bits per heavy atom. The van der Waals surface area contributed by atoms with E-state index in [1.165, 1.54) is 11.8 Å². The molecule has 1 saturated heterocycles. The van der Waals surface area contributed by atoms with Crippen LogP contribution in [-0.4, -0.2) is 53.2 Å². The highest BCUT2D eigenvalue weighted by Crippen LogP contribution is 2.40. The molecular formula is C37H38N2O8S. The molecule has 0 aromatic heterocycles. The maximum Gasteiger partial charge on any atom is 0.336 e. The summed E-state index contributed by atoms with van der Waals surface area (Å²) in [6.45, 7) is 1.96. The summed E-state index contributed by atoms with van der Waals surface area (Å²) < 4.78 is 17.9. The van der Waals surface area contributed by atoms with Crippen molar-refractivity contribution in [1.29, 1.82) is 0 Å². The number of hydrogen-bond acceptors (Lipinski definition) is 8.